The molecule has 0 bridgehead atoms. The van der Waals surface area contributed by atoms with Crippen molar-refractivity contribution in [3.05, 3.63) is 59.7 Å². The first kappa shape index (κ1) is 17.5. The van der Waals surface area contributed by atoms with Crippen LogP contribution in [-0.2, 0) is 16.6 Å². The molecule has 4 nitrogen and oxygen atoms in total. The van der Waals surface area contributed by atoms with Crippen molar-refractivity contribution >= 4 is 10.0 Å². The number of nitrogens with one attached hydrogen (secondary N) is 1. The molecule has 0 fully saturated rings. The van der Waals surface area contributed by atoms with E-state index in [1.165, 1.54) is 0 Å². The van der Waals surface area contributed by atoms with Crippen molar-refractivity contribution in [2.75, 3.05) is 6.61 Å². The molecule has 2 rings (SSSR count). The Morgan fingerprint density at radius 2 is 1.83 bits per heavy atom. The number of hydrogen-bond acceptors (Lipinski definition) is 3. The summed E-state index contributed by atoms with van der Waals surface area (Å²) < 4.78 is 33.5. The topological polar surface area (TPSA) is 55.4 Å². The summed E-state index contributed by atoms with van der Waals surface area (Å²) >= 11 is 0. The number of aryl methyl sites for hydroxylation is 1. The average molecular weight is 333 g/mol. The molecule has 0 amide bonds. The van der Waals surface area contributed by atoms with Gasteiger partial charge in [0, 0.05) is 6.54 Å². The van der Waals surface area contributed by atoms with E-state index in [-0.39, 0.29) is 11.4 Å². The van der Waals surface area contributed by atoms with Crippen LogP contribution < -0.4 is 9.46 Å². The zero-order valence-electron chi connectivity index (χ0n) is 13.6. The predicted octanol–water partition coefficient (Wildman–Crippen LogP) is 3.65. The van der Waals surface area contributed by atoms with Crippen LogP contribution in [0.3, 0.4) is 0 Å². The first-order valence-corrected chi connectivity index (χ1v) is 9.28. The van der Waals surface area contributed by atoms with E-state index in [1.807, 2.05) is 37.3 Å². The zero-order valence-corrected chi connectivity index (χ0v) is 14.4. The molecule has 0 atom stereocenters. The molecule has 0 aliphatic rings. The van der Waals surface area contributed by atoms with Gasteiger partial charge < -0.3 is 4.74 Å². The van der Waals surface area contributed by atoms with Crippen LogP contribution >= 0.6 is 0 Å². The Morgan fingerprint density at radius 1 is 1.09 bits per heavy atom. The summed E-state index contributed by atoms with van der Waals surface area (Å²) in [5.74, 6) is 0.416. The van der Waals surface area contributed by atoms with Crippen molar-refractivity contribution in [1.82, 2.24) is 4.72 Å². The largest absolute Gasteiger partial charge is 0.492 e. The smallest absolute Gasteiger partial charge is 0.244 e. The number of ether oxygens (including phenoxy) is 1. The third kappa shape index (κ3) is 5.08. The third-order valence-corrected chi connectivity index (χ3v) is 4.89. The molecule has 5 heteroatoms. The minimum atomic E-state index is -3.62. The highest BCUT2D eigenvalue weighted by Crippen LogP contribution is 2.25. The zero-order chi connectivity index (χ0) is 16.7. The number of unbranched alkanes of at least 4 members (excludes halogenated alkanes) is 1. The van der Waals surface area contributed by atoms with Gasteiger partial charge in [0.2, 0.25) is 10.0 Å². The van der Waals surface area contributed by atoms with Crippen LogP contribution in [0.25, 0.3) is 0 Å². The standard InChI is InChI=1S/C18H23NO3S/c1-3-4-12-22-17-13-15(2)10-11-18(17)23(20,21)19-14-16-8-6-5-7-9-16/h5-11,13,19H,3-4,12,14H2,1-2H3. The molecule has 0 saturated heterocycles. The highest BCUT2D eigenvalue weighted by Gasteiger charge is 2.19. The summed E-state index contributed by atoms with van der Waals surface area (Å²) in [6.07, 6.45) is 1.89. The number of benzene rings is 2. The van der Waals surface area contributed by atoms with Crippen LogP contribution in [0, 0.1) is 6.92 Å². The Kier molecular flexibility index (Phi) is 6.19. The quantitative estimate of drug-likeness (QED) is 0.750. The molecule has 0 aliphatic heterocycles. The van der Waals surface area contributed by atoms with Gasteiger partial charge in [-0.25, -0.2) is 13.1 Å². The fourth-order valence-corrected chi connectivity index (χ4v) is 3.27. The van der Waals surface area contributed by atoms with Gasteiger partial charge in [0.05, 0.1) is 6.61 Å². The van der Waals surface area contributed by atoms with Gasteiger partial charge in [-0.15, -0.1) is 0 Å². The fourth-order valence-electron chi connectivity index (χ4n) is 2.13. The molecule has 0 aliphatic carbocycles. The molecule has 0 heterocycles. The van der Waals surface area contributed by atoms with E-state index in [4.69, 9.17) is 4.74 Å². The van der Waals surface area contributed by atoms with Crippen molar-refractivity contribution in [3.8, 4) is 5.75 Å². The molecule has 2 aromatic rings. The second kappa shape index (κ2) is 8.13. The van der Waals surface area contributed by atoms with Gasteiger partial charge in [0.25, 0.3) is 0 Å². The van der Waals surface area contributed by atoms with Gasteiger partial charge in [-0.3, -0.25) is 0 Å². The van der Waals surface area contributed by atoms with Gasteiger partial charge in [-0.1, -0.05) is 49.7 Å². The van der Waals surface area contributed by atoms with Crippen LogP contribution in [-0.4, -0.2) is 15.0 Å². The average Bonchev–Trinajstić information content (AvgIpc) is 2.54. The lowest BCUT2D eigenvalue weighted by Gasteiger charge is -2.13. The Bertz CT molecular complexity index is 727. The number of rotatable bonds is 8. The van der Waals surface area contributed by atoms with E-state index in [0.29, 0.717) is 12.4 Å². The van der Waals surface area contributed by atoms with E-state index in [2.05, 4.69) is 11.6 Å². The van der Waals surface area contributed by atoms with Gasteiger partial charge >= 0.3 is 0 Å². The highest BCUT2D eigenvalue weighted by atomic mass is 32.2. The fraction of sp³-hybridized carbons (Fsp3) is 0.333. The maximum absolute atomic E-state index is 12.6. The van der Waals surface area contributed by atoms with Crippen LogP contribution in [0.5, 0.6) is 5.75 Å². The van der Waals surface area contributed by atoms with E-state index in [0.717, 1.165) is 24.0 Å². The number of hydrogen-bond donors (Lipinski definition) is 1. The van der Waals surface area contributed by atoms with E-state index in [1.54, 1.807) is 18.2 Å². The minimum Gasteiger partial charge on any atom is -0.492 e. The lowest BCUT2D eigenvalue weighted by atomic mass is 10.2. The summed E-state index contributed by atoms with van der Waals surface area (Å²) in [7, 11) is -3.62. The predicted molar refractivity (Wildman–Crippen MR) is 92.0 cm³/mol. The molecular formula is C18H23NO3S. The summed E-state index contributed by atoms with van der Waals surface area (Å²) in [4.78, 5) is 0.190. The molecule has 1 N–H and O–H groups in total. The van der Waals surface area contributed by atoms with Gasteiger partial charge in [-0.2, -0.15) is 0 Å². The molecule has 2 aromatic carbocycles. The molecular weight excluding hydrogens is 310 g/mol. The molecule has 0 radical (unpaired) electrons. The van der Waals surface area contributed by atoms with Crippen molar-refractivity contribution < 1.29 is 13.2 Å². The Morgan fingerprint density at radius 3 is 2.52 bits per heavy atom. The van der Waals surface area contributed by atoms with Gasteiger partial charge in [0.15, 0.2) is 0 Å². The highest BCUT2D eigenvalue weighted by molar-refractivity contribution is 7.89. The van der Waals surface area contributed by atoms with Crippen molar-refractivity contribution in [3.63, 3.8) is 0 Å². The molecule has 0 spiro atoms. The second-order valence-corrected chi connectivity index (χ2v) is 7.20. The normalized spacial score (nSPS) is 11.4. The molecule has 0 unspecified atom stereocenters. The first-order chi connectivity index (χ1) is 11.0. The number of sulfonamides is 1. The summed E-state index contributed by atoms with van der Waals surface area (Å²) in [5, 5.41) is 0. The monoisotopic (exact) mass is 333 g/mol. The van der Waals surface area contributed by atoms with Crippen LogP contribution in [0.1, 0.15) is 30.9 Å². The van der Waals surface area contributed by atoms with E-state index in [9.17, 15) is 8.42 Å². The maximum atomic E-state index is 12.6. The van der Waals surface area contributed by atoms with Crippen LogP contribution in [0.4, 0.5) is 0 Å². The Hall–Kier alpha value is -1.85. The van der Waals surface area contributed by atoms with E-state index >= 15 is 0 Å². The van der Waals surface area contributed by atoms with Gasteiger partial charge in [0.1, 0.15) is 10.6 Å². The lowest BCUT2D eigenvalue weighted by Crippen LogP contribution is -2.24. The summed E-state index contributed by atoms with van der Waals surface area (Å²) in [6, 6.07) is 14.6. The second-order valence-electron chi connectivity index (χ2n) is 5.46. The minimum absolute atomic E-state index is 0.190. The van der Waals surface area contributed by atoms with Crippen LogP contribution in [0.2, 0.25) is 0 Å². The Balaban J connectivity index is 2.17. The van der Waals surface area contributed by atoms with Crippen molar-refractivity contribution in [1.29, 1.82) is 0 Å². The summed E-state index contributed by atoms with van der Waals surface area (Å²) in [6.45, 7) is 4.76. The Labute approximate surface area is 138 Å². The third-order valence-electron chi connectivity index (χ3n) is 3.45. The van der Waals surface area contributed by atoms with E-state index < -0.39 is 10.0 Å². The molecule has 124 valence electrons. The summed E-state index contributed by atoms with van der Waals surface area (Å²) in [5.41, 5.74) is 1.88. The van der Waals surface area contributed by atoms with Crippen LogP contribution in [0.15, 0.2) is 53.4 Å². The van der Waals surface area contributed by atoms with Crippen molar-refractivity contribution in [2.45, 2.75) is 38.1 Å². The first-order valence-electron chi connectivity index (χ1n) is 7.80. The molecule has 0 aromatic heterocycles. The SMILES string of the molecule is CCCCOc1cc(C)ccc1S(=O)(=O)NCc1ccccc1. The molecule has 23 heavy (non-hydrogen) atoms. The maximum Gasteiger partial charge on any atom is 0.244 e. The molecule has 0 saturated carbocycles. The van der Waals surface area contributed by atoms with Gasteiger partial charge in [-0.05, 0) is 36.6 Å². The van der Waals surface area contributed by atoms with Crippen molar-refractivity contribution in [2.24, 2.45) is 0 Å². The lowest BCUT2D eigenvalue weighted by molar-refractivity contribution is 0.301.